The molecule has 3 heterocycles. The van der Waals surface area contributed by atoms with Crippen LogP contribution < -0.4 is 0 Å². The molecule has 1 fully saturated rings. The van der Waals surface area contributed by atoms with E-state index in [9.17, 15) is 0 Å². The van der Waals surface area contributed by atoms with Crippen molar-refractivity contribution in [2.75, 3.05) is 13.2 Å². The molecule has 5 nitrogen and oxygen atoms in total. The van der Waals surface area contributed by atoms with Crippen LogP contribution in [0, 0.1) is 5.92 Å². The predicted octanol–water partition coefficient (Wildman–Crippen LogP) is 2.11. The Bertz CT molecular complexity index is 578. The number of hydrogen-bond donors (Lipinski definition) is 0. The minimum absolute atomic E-state index is 0.475. The number of nitrogens with zero attached hydrogens (tertiary/aromatic N) is 4. The van der Waals surface area contributed by atoms with E-state index in [1.165, 1.54) is 0 Å². The molecule has 6 heteroatoms. The summed E-state index contributed by atoms with van der Waals surface area (Å²) in [5, 5.41) is 4.62. The molecule has 2 aromatic rings. The van der Waals surface area contributed by atoms with Crippen molar-refractivity contribution in [1.29, 1.82) is 0 Å². The van der Waals surface area contributed by atoms with E-state index < -0.39 is 0 Å². The lowest BCUT2D eigenvalue weighted by Gasteiger charge is -2.07. The normalized spacial score (nSPS) is 18.9. The second-order valence-electron chi connectivity index (χ2n) is 4.83. The third kappa shape index (κ3) is 2.93. The Hall–Kier alpha value is -1.46. The van der Waals surface area contributed by atoms with Crippen LogP contribution >= 0.6 is 11.6 Å². The second-order valence-corrected chi connectivity index (χ2v) is 5.22. The molecule has 1 aliphatic heterocycles. The zero-order chi connectivity index (χ0) is 13.2. The van der Waals surface area contributed by atoms with Gasteiger partial charge in [0.15, 0.2) is 0 Å². The fourth-order valence-electron chi connectivity index (χ4n) is 2.26. The lowest BCUT2D eigenvalue weighted by molar-refractivity contribution is 0.185. The first-order valence-corrected chi connectivity index (χ1v) is 6.69. The summed E-state index contributed by atoms with van der Waals surface area (Å²) in [5.41, 5.74) is 1.78. The average Bonchev–Trinajstić information content (AvgIpc) is 3.00. The fraction of sp³-hybridized carbons (Fsp3) is 0.462. The number of hydrogen-bond acceptors (Lipinski definition) is 4. The monoisotopic (exact) mass is 278 g/mol. The molecule has 0 spiro atoms. The number of aromatic nitrogens is 4. The van der Waals surface area contributed by atoms with Crippen LogP contribution in [-0.2, 0) is 18.2 Å². The quantitative estimate of drug-likeness (QED) is 0.807. The molecule has 0 amide bonds. The highest BCUT2D eigenvalue weighted by atomic mass is 35.5. The molecule has 0 aromatic carbocycles. The zero-order valence-electron chi connectivity index (χ0n) is 10.7. The van der Waals surface area contributed by atoms with Crippen molar-refractivity contribution < 1.29 is 4.74 Å². The largest absolute Gasteiger partial charge is 0.381 e. The Morgan fingerprint density at radius 3 is 3.05 bits per heavy atom. The molecule has 0 saturated carbocycles. The van der Waals surface area contributed by atoms with E-state index >= 15 is 0 Å². The lowest BCUT2D eigenvalue weighted by atomic mass is 10.0. The van der Waals surface area contributed by atoms with Gasteiger partial charge in [-0.25, -0.2) is 9.97 Å². The smallest absolute Gasteiger partial charge is 0.133 e. The van der Waals surface area contributed by atoms with E-state index in [2.05, 4.69) is 15.1 Å². The summed E-state index contributed by atoms with van der Waals surface area (Å²) in [6.07, 6.45) is 5.58. The zero-order valence-corrected chi connectivity index (χ0v) is 11.5. The van der Waals surface area contributed by atoms with Gasteiger partial charge in [-0.15, -0.1) is 0 Å². The summed E-state index contributed by atoms with van der Waals surface area (Å²) in [6, 6.07) is 1.77. The molecule has 3 rings (SSSR count). The molecular weight excluding hydrogens is 264 g/mol. The van der Waals surface area contributed by atoms with Crippen molar-refractivity contribution in [3.8, 4) is 11.3 Å². The lowest BCUT2D eigenvalue weighted by Crippen LogP contribution is -2.07. The molecule has 0 bridgehead atoms. The minimum atomic E-state index is 0.475. The molecule has 1 aliphatic rings. The first-order chi connectivity index (χ1) is 9.20. The van der Waals surface area contributed by atoms with E-state index in [1.807, 2.05) is 13.2 Å². The maximum absolute atomic E-state index is 6.08. The second kappa shape index (κ2) is 5.27. The summed E-state index contributed by atoms with van der Waals surface area (Å²) < 4.78 is 7.12. The molecule has 0 N–H and O–H groups in total. The van der Waals surface area contributed by atoms with Crippen molar-refractivity contribution in [3.05, 3.63) is 29.4 Å². The van der Waals surface area contributed by atoms with Crippen LogP contribution in [0.5, 0.6) is 0 Å². The minimum Gasteiger partial charge on any atom is -0.381 e. The molecule has 0 radical (unpaired) electrons. The summed E-state index contributed by atoms with van der Waals surface area (Å²) in [4.78, 5) is 8.88. The molecule has 100 valence electrons. The van der Waals surface area contributed by atoms with Gasteiger partial charge in [0, 0.05) is 44.5 Å². The summed E-state index contributed by atoms with van der Waals surface area (Å²) in [5.74, 6) is 1.28. The van der Waals surface area contributed by atoms with E-state index in [-0.39, 0.29) is 0 Å². The molecule has 1 saturated heterocycles. The van der Waals surface area contributed by atoms with E-state index in [4.69, 9.17) is 16.3 Å². The number of halogens is 1. The third-order valence-electron chi connectivity index (χ3n) is 3.24. The SMILES string of the molecule is Cn1cc(-c2cc(Cl)nc(CC3CCOC3)n2)cn1. The molecule has 19 heavy (non-hydrogen) atoms. The molecule has 1 unspecified atom stereocenters. The van der Waals surface area contributed by atoms with Gasteiger partial charge in [0.2, 0.25) is 0 Å². The van der Waals surface area contributed by atoms with Crippen molar-refractivity contribution in [3.63, 3.8) is 0 Å². The molecule has 1 atom stereocenters. The van der Waals surface area contributed by atoms with Gasteiger partial charge >= 0.3 is 0 Å². The highest BCUT2D eigenvalue weighted by Crippen LogP contribution is 2.22. The number of aryl methyl sites for hydroxylation is 1. The Morgan fingerprint density at radius 1 is 1.47 bits per heavy atom. The van der Waals surface area contributed by atoms with Crippen molar-refractivity contribution in [1.82, 2.24) is 19.7 Å². The summed E-state index contributed by atoms with van der Waals surface area (Å²) in [7, 11) is 1.88. The highest BCUT2D eigenvalue weighted by Gasteiger charge is 2.18. The van der Waals surface area contributed by atoms with Crippen molar-refractivity contribution in [2.45, 2.75) is 12.8 Å². The Kier molecular flexibility index (Phi) is 3.48. The van der Waals surface area contributed by atoms with Crippen LogP contribution in [0.15, 0.2) is 18.5 Å². The van der Waals surface area contributed by atoms with Crippen LogP contribution in [0.1, 0.15) is 12.2 Å². The van der Waals surface area contributed by atoms with Crippen molar-refractivity contribution >= 4 is 11.6 Å². The first kappa shape index (κ1) is 12.6. The van der Waals surface area contributed by atoms with E-state index in [1.54, 1.807) is 16.9 Å². The maximum Gasteiger partial charge on any atom is 0.133 e. The van der Waals surface area contributed by atoms with Gasteiger partial charge in [0.05, 0.1) is 11.9 Å². The van der Waals surface area contributed by atoms with Crippen LogP contribution in [0.25, 0.3) is 11.3 Å². The van der Waals surface area contributed by atoms with Gasteiger partial charge in [-0.05, 0) is 12.3 Å². The summed E-state index contributed by atoms with van der Waals surface area (Å²) >= 11 is 6.08. The Morgan fingerprint density at radius 2 is 2.37 bits per heavy atom. The van der Waals surface area contributed by atoms with Crippen LogP contribution in [0.3, 0.4) is 0 Å². The topological polar surface area (TPSA) is 52.8 Å². The standard InChI is InChI=1S/C13H15ClN4O/c1-18-7-10(6-15-18)11-5-12(14)17-13(16-11)4-9-2-3-19-8-9/h5-7,9H,2-4,8H2,1H3. The Balaban J connectivity index is 1.87. The van der Waals surface area contributed by atoms with E-state index in [0.717, 1.165) is 43.1 Å². The number of rotatable bonds is 3. The van der Waals surface area contributed by atoms with Crippen LogP contribution in [0.2, 0.25) is 5.15 Å². The van der Waals surface area contributed by atoms with Gasteiger partial charge < -0.3 is 4.74 Å². The van der Waals surface area contributed by atoms with Gasteiger partial charge in [0.1, 0.15) is 11.0 Å². The molecular formula is C13H15ClN4O. The van der Waals surface area contributed by atoms with Gasteiger partial charge in [0.25, 0.3) is 0 Å². The third-order valence-corrected chi connectivity index (χ3v) is 3.43. The van der Waals surface area contributed by atoms with Gasteiger partial charge in [-0.3, -0.25) is 4.68 Å². The van der Waals surface area contributed by atoms with Crippen LogP contribution in [-0.4, -0.2) is 33.0 Å². The highest BCUT2D eigenvalue weighted by molar-refractivity contribution is 6.29. The fourth-order valence-corrected chi connectivity index (χ4v) is 2.46. The maximum atomic E-state index is 6.08. The van der Waals surface area contributed by atoms with E-state index in [0.29, 0.717) is 11.1 Å². The van der Waals surface area contributed by atoms with Gasteiger partial charge in [-0.2, -0.15) is 5.10 Å². The first-order valence-electron chi connectivity index (χ1n) is 6.31. The predicted molar refractivity (Wildman–Crippen MR) is 71.9 cm³/mol. The molecule has 2 aromatic heterocycles. The van der Waals surface area contributed by atoms with Gasteiger partial charge in [-0.1, -0.05) is 11.6 Å². The Labute approximate surface area is 116 Å². The number of ether oxygens (including phenoxy) is 1. The summed E-state index contributed by atoms with van der Waals surface area (Å²) in [6.45, 7) is 1.62. The molecule has 0 aliphatic carbocycles. The van der Waals surface area contributed by atoms with Crippen LogP contribution in [0.4, 0.5) is 0 Å². The van der Waals surface area contributed by atoms with Crippen molar-refractivity contribution in [2.24, 2.45) is 13.0 Å². The average molecular weight is 279 g/mol.